The number of aryl methyl sites for hydroxylation is 1. The smallest absolute Gasteiger partial charge is 0.138 e. The molecule has 17 heavy (non-hydrogen) atoms. The van der Waals surface area contributed by atoms with E-state index in [0.29, 0.717) is 6.04 Å². The Bertz CT molecular complexity index is 308. The number of hydrogen-bond acceptors (Lipinski definition) is 4. The third-order valence-electron chi connectivity index (χ3n) is 2.89. The molecule has 0 aliphatic carbocycles. The van der Waals surface area contributed by atoms with Crippen LogP contribution in [0.15, 0.2) is 6.33 Å². The van der Waals surface area contributed by atoms with E-state index in [-0.39, 0.29) is 0 Å². The first-order valence-corrected chi connectivity index (χ1v) is 6.36. The van der Waals surface area contributed by atoms with E-state index in [0.717, 1.165) is 38.2 Å². The van der Waals surface area contributed by atoms with E-state index >= 15 is 0 Å². The normalized spacial score (nSPS) is 13.2. The van der Waals surface area contributed by atoms with Crippen molar-refractivity contribution < 1.29 is 0 Å². The van der Waals surface area contributed by atoms with Gasteiger partial charge in [0.1, 0.15) is 12.2 Å². The van der Waals surface area contributed by atoms with Gasteiger partial charge in [0.25, 0.3) is 0 Å². The molecule has 0 radical (unpaired) electrons. The number of likely N-dealkylation sites (N-methyl/N-ethyl adjacent to an activating group) is 1. The summed E-state index contributed by atoms with van der Waals surface area (Å²) in [4.78, 5) is 6.56. The highest BCUT2D eigenvalue weighted by molar-refractivity contribution is 4.89. The Balaban J connectivity index is 2.51. The zero-order valence-corrected chi connectivity index (χ0v) is 11.5. The maximum Gasteiger partial charge on any atom is 0.138 e. The van der Waals surface area contributed by atoms with Crippen LogP contribution in [0.25, 0.3) is 0 Å². The molecule has 1 atom stereocenters. The molecule has 0 bridgehead atoms. The lowest BCUT2D eigenvalue weighted by Crippen LogP contribution is -2.32. The first-order chi connectivity index (χ1) is 8.17. The second-order valence-corrected chi connectivity index (χ2v) is 4.68. The summed E-state index contributed by atoms with van der Waals surface area (Å²) in [6.45, 7) is 4.21. The molecule has 5 heteroatoms. The van der Waals surface area contributed by atoms with Crippen LogP contribution in [0.3, 0.4) is 0 Å². The van der Waals surface area contributed by atoms with Gasteiger partial charge in [0.15, 0.2) is 0 Å². The molecule has 1 N–H and O–H groups in total. The summed E-state index contributed by atoms with van der Waals surface area (Å²) in [7, 11) is 6.22. The van der Waals surface area contributed by atoms with E-state index in [1.54, 1.807) is 6.33 Å². The van der Waals surface area contributed by atoms with Crippen molar-refractivity contribution in [3.05, 3.63) is 12.2 Å². The second kappa shape index (κ2) is 7.40. The van der Waals surface area contributed by atoms with Gasteiger partial charge in [0.2, 0.25) is 0 Å². The Morgan fingerprint density at radius 3 is 2.82 bits per heavy atom. The fraction of sp³-hybridized carbons (Fsp3) is 0.833. The number of nitrogens with one attached hydrogen (secondary N) is 1. The summed E-state index contributed by atoms with van der Waals surface area (Å²) < 4.78 is 2.01. The fourth-order valence-electron chi connectivity index (χ4n) is 1.83. The van der Waals surface area contributed by atoms with Gasteiger partial charge in [-0.05, 0) is 40.5 Å². The highest BCUT2D eigenvalue weighted by Crippen LogP contribution is 2.04. The summed E-state index contributed by atoms with van der Waals surface area (Å²) in [6, 6.07) is 0.470. The summed E-state index contributed by atoms with van der Waals surface area (Å²) in [5, 5.41) is 7.61. The van der Waals surface area contributed by atoms with Crippen molar-refractivity contribution >= 4 is 0 Å². The topological polar surface area (TPSA) is 46.0 Å². The summed E-state index contributed by atoms with van der Waals surface area (Å²) in [5.74, 6) is 1.09. The quantitative estimate of drug-likeness (QED) is 0.728. The SMILES string of the molecule is CCCn1ncnc1CC(CCN(C)C)NC. The van der Waals surface area contributed by atoms with Crippen LogP contribution in [0.5, 0.6) is 0 Å². The van der Waals surface area contributed by atoms with Gasteiger partial charge < -0.3 is 10.2 Å². The Labute approximate surface area is 104 Å². The van der Waals surface area contributed by atoms with Gasteiger partial charge in [0, 0.05) is 19.0 Å². The fourth-order valence-corrected chi connectivity index (χ4v) is 1.83. The van der Waals surface area contributed by atoms with Crippen molar-refractivity contribution in [2.45, 2.75) is 38.8 Å². The maximum atomic E-state index is 4.35. The third kappa shape index (κ3) is 4.83. The van der Waals surface area contributed by atoms with Crippen LogP contribution in [0.4, 0.5) is 0 Å². The minimum absolute atomic E-state index is 0.470. The first kappa shape index (κ1) is 14.1. The molecular weight excluding hydrogens is 214 g/mol. The monoisotopic (exact) mass is 239 g/mol. The van der Waals surface area contributed by atoms with Gasteiger partial charge >= 0.3 is 0 Å². The molecule has 1 aromatic rings. The van der Waals surface area contributed by atoms with E-state index in [2.05, 4.69) is 41.3 Å². The van der Waals surface area contributed by atoms with Gasteiger partial charge in [-0.15, -0.1) is 0 Å². The van der Waals surface area contributed by atoms with E-state index < -0.39 is 0 Å². The minimum Gasteiger partial charge on any atom is -0.317 e. The summed E-state index contributed by atoms with van der Waals surface area (Å²) in [5.41, 5.74) is 0. The van der Waals surface area contributed by atoms with E-state index in [1.807, 2.05) is 11.7 Å². The Kier molecular flexibility index (Phi) is 6.15. The lowest BCUT2D eigenvalue weighted by molar-refractivity contribution is 0.360. The van der Waals surface area contributed by atoms with Crippen LogP contribution in [0.1, 0.15) is 25.6 Å². The van der Waals surface area contributed by atoms with Gasteiger partial charge in [0.05, 0.1) is 0 Å². The number of aromatic nitrogens is 3. The molecule has 0 fully saturated rings. The number of rotatable bonds is 8. The molecule has 1 heterocycles. The van der Waals surface area contributed by atoms with Gasteiger partial charge in [-0.3, -0.25) is 4.68 Å². The molecule has 0 aliphatic heterocycles. The highest BCUT2D eigenvalue weighted by atomic mass is 15.3. The Morgan fingerprint density at radius 1 is 1.47 bits per heavy atom. The van der Waals surface area contributed by atoms with Crippen LogP contribution in [-0.2, 0) is 13.0 Å². The molecule has 0 aromatic carbocycles. The first-order valence-electron chi connectivity index (χ1n) is 6.36. The van der Waals surface area contributed by atoms with Crippen LogP contribution in [0.2, 0.25) is 0 Å². The van der Waals surface area contributed by atoms with Gasteiger partial charge in [-0.2, -0.15) is 5.10 Å². The molecule has 0 saturated heterocycles. The van der Waals surface area contributed by atoms with Crippen molar-refractivity contribution in [3.8, 4) is 0 Å². The third-order valence-corrected chi connectivity index (χ3v) is 2.89. The molecular formula is C12H25N5. The number of nitrogens with zero attached hydrogens (tertiary/aromatic N) is 4. The number of hydrogen-bond donors (Lipinski definition) is 1. The molecule has 0 amide bonds. The van der Waals surface area contributed by atoms with E-state index in [1.165, 1.54) is 0 Å². The van der Waals surface area contributed by atoms with E-state index in [4.69, 9.17) is 0 Å². The largest absolute Gasteiger partial charge is 0.317 e. The standard InChI is InChI=1S/C12H25N5/c1-5-7-17-12(14-10-15-17)9-11(13-2)6-8-16(3)4/h10-11,13H,5-9H2,1-4H3. The van der Waals surface area contributed by atoms with Crippen molar-refractivity contribution in [2.24, 2.45) is 0 Å². The predicted molar refractivity (Wildman–Crippen MR) is 70.0 cm³/mol. The van der Waals surface area contributed by atoms with Crippen molar-refractivity contribution in [1.29, 1.82) is 0 Å². The van der Waals surface area contributed by atoms with Gasteiger partial charge in [-0.25, -0.2) is 4.98 Å². The molecule has 1 aromatic heterocycles. The molecule has 1 rings (SSSR count). The molecule has 0 spiro atoms. The Morgan fingerprint density at radius 2 is 2.24 bits per heavy atom. The van der Waals surface area contributed by atoms with Crippen LogP contribution in [-0.4, -0.2) is 53.4 Å². The average molecular weight is 239 g/mol. The summed E-state index contributed by atoms with van der Waals surface area (Å²) >= 11 is 0. The van der Waals surface area contributed by atoms with Crippen molar-refractivity contribution in [3.63, 3.8) is 0 Å². The zero-order valence-electron chi connectivity index (χ0n) is 11.5. The van der Waals surface area contributed by atoms with E-state index in [9.17, 15) is 0 Å². The molecule has 0 aliphatic rings. The molecule has 5 nitrogen and oxygen atoms in total. The Hall–Kier alpha value is -0.940. The second-order valence-electron chi connectivity index (χ2n) is 4.68. The predicted octanol–water partition coefficient (Wildman–Crippen LogP) is 0.770. The minimum atomic E-state index is 0.470. The van der Waals surface area contributed by atoms with Crippen LogP contribution < -0.4 is 5.32 Å². The van der Waals surface area contributed by atoms with Crippen molar-refractivity contribution in [2.75, 3.05) is 27.7 Å². The molecule has 98 valence electrons. The van der Waals surface area contributed by atoms with Crippen LogP contribution >= 0.6 is 0 Å². The average Bonchev–Trinajstić information content (AvgIpc) is 2.72. The highest BCUT2D eigenvalue weighted by Gasteiger charge is 2.12. The summed E-state index contributed by atoms with van der Waals surface area (Å²) in [6.07, 6.45) is 4.83. The van der Waals surface area contributed by atoms with Crippen LogP contribution in [0, 0.1) is 0 Å². The van der Waals surface area contributed by atoms with Crippen molar-refractivity contribution in [1.82, 2.24) is 25.0 Å². The molecule has 1 unspecified atom stereocenters. The van der Waals surface area contributed by atoms with Gasteiger partial charge in [-0.1, -0.05) is 6.92 Å². The zero-order chi connectivity index (χ0) is 12.7. The maximum absolute atomic E-state index is 4.35. The lowest BCUT2D eigenvalue weighted by Gasteiger charge is -2.18. The molecule has 0 saturated carbocycles. The lowest BCUT2D eigenvalue weighted by atomic mass is 10.1.